The van der Waals surface area contributed by atoms with E-state index in [-0.39, 0.29) is 0 Å². The molecular weight excluding hydrogens is 166 g/mol. The van der Waals surface area contributed by atoms with Crippen LogP contribution in [0.5, 0.6) is 5.88 Å². The predicted octanol–water partition coefficient (Wildman–Crippen LogP) is 1.17. The summed E-state index contributed by atoms with van der Waals surface area (Å²) in [5, 5.41) is 3.92. The molecule has 2 N–H and O–H groups in total. The van der Waals surface area contributed by atoms with E-state index in [0.29, 0.717) is 11.3 Å². The van der Waals surface area contributed by atoms with Crippen LogP contribution in [0, 0.1) is 5.41 Å². The fraction of sp³-hybridized carbons (Fsp3) is 0.667. The van der Waals surface area contributed by atoms with Crippen LogP contribution < -0.4 is 10.6 Å². The highest BCUT2D eigenvalue weighted by Gasteiger charge is 2.36. The van der Waals surface area contributed by atoms with Gasteiger partial charge < -0.3 is 10.6 Å². The van der Waals surface area contributed by atoms with Gasteiger partial charge in [0.25, 0.3) is 0 Å². The summed E-state index contributed by atoms with van der Waals surface area (Å²) in [5.74, 6) is 5.99. The van der Waals surface area contributed by atoms with Crippen molar-refractivity contribution in [3.05, 3.63) is 12.3 Å². The van der Waals surface area contributed by atoms with Gasteiger partial charge in [0.2, 0.25) is 5.88 Å². The minimum absolute atomic E-state index is 0.547. The molecule has 4 nitrogen and oxygen atoms in total. The zero-order chi connectivity index (χ0) is 9.31. The average Bonchev–Trinajstić information content (AvgIpc) is 2.65. The van der Waals surface area contributed by atoms with Gasteiger partial charge in [0.05, 0.1) is 12.8 Å². The van der Waals surface area contributed by atoms with Crippen LogP contribution in [0.2, 0.25) is 0 Å². The van der Waals surface area contributed by atoms with Crippen molar-refractivity contribution in [2.75, 3.05) is 12.4 Å². The van der Waals surface area contributed by atoms with E-state index in [2.05, 4.69) is 12.0 Å². The number of nitrogens with zero attached hydrogens (tertiary/aromatic N) is 2. The first kappa shape index (κ1) is 8.41. The summed E-state index contributed by atoms with van der Waals surface area (Å²) in [6.07, 6.45) is 5.46. The highest BCUT2D eigenvalue weighted by atomic mass is 16.5. The molecule has 1 aromatic rings. The molecule has 13 heavy (non-hydrogen) atoms. The first-order valence-electron chi connectivity index (χ1n) is 4.62. The second-order valence-electron chi connectivity index (χ2n) is 4.04. The summed E-state index contributed by atoms with van der Waals surface area (Å²) in [6, 6.07) is 1.77. The van der Waals surface area contributed by atoms with Crippen LogP contribution in [0.15, 0.2) is 12.3 Å². The quantitative estimate of drug-likeness (QED) is 0.709. The molecule has 0 unspecified atom stereocenters. The van der Waals surface area contributed by atoms with E-state index >= 15 is 0 Å². The van der Waals surface area contributed by atoms with Crippen molar-refractivity contribution >= 4 is 0 Å². The summed E-state index contributed by atoms with van der Waals surface area (Å²) >= 11 is 0. The van der Waals surface area contributed by atoms with Crippen molar-refractivity contribution in [2.45, 2.75) is 26.2 Å². The lowest BCUT2D eigenvalue weighted by atomic mass is 10.1. The zero-order valence-corrected chi connectivity index (χ0v) is 7.86. The third-order valence-corrected chi connectivity index (χ3v) is 2.64. The molecule has 1 heterocycles. The van der Waals surface area contributed by atoms with Crippen molar-refractivity contribution in [1.29, 1.82) is 0 Å². The highest BCUT2D eigenvalue weighted by molar-refractivity contribution is 5.05. The van der Waals surface area contributed by atoms with Gasteiger partial charge in [0.15, 0.2) is 0 Å². The molecule has 0 bridgehead atoms. The molecule has 1 aliphatic rings. The highest BCUT2D eigenvalue weighted by Crippen LogP contribution is 2.47. The molecule has 1 fully saturated rings. The van der Waals surface area contributed by atoms with Gasteiger partial charge in [-0.2, -0.15) is 4.79 Å². The van der Waals surface area contributed by atoms with Gasteiger partial charge in [-0.3, -0.25) is 0 Å². The zero-order valence-electron chi connectivity index (χ0n) is 7.86. The smallest absolute Gasteiger partial charge is 0.234 e. The molecule has 1 aliphatic carbocycles. The lowest BCUT2D eigenvalue weighted by Crippen LogP contribution is -2.09. The van der Waals surface area contributed by atoms with Gasteiger partial charge in [-0.1, -0.05) is 6.92 Å². The Hall–Kier alpha value is -1.19. The van der Waals surface area contributed by atoms with Crippen molar-refractivity contribution < 1.29 is 4.74 Å². The molecule has 0 spiro atoms. The van der Waals surface area contributed by atoms with Gasteiger partial charge in [-0.05, 0) is 24.7 Å². The predicted molar refractivity (Wildman–Crippen MR) is 49.8 cm³/mol. The molecule has 4 heteroatoms. The molecule has 2 rings (SSSR count). The Morgan fingerprint density at radius 1 is 1.69 bits per heavy atom. The minimum atomic E-state index is 0.547. The van der Waals surface area contributed by atoms with E-state index in [1.165, 1.54) is 17.6 Å². The van der Waals surface area contributed by atoms with Crippen molar-refractivity contribution in [2.24, 2.45) is 5.41 Å². The van der Waals surface area contributed by atoms with Crippen LogP contribution in [0.4, 0.5) is 0 Å². The number of hydrogen-bond acceptors (Lipinski definition) is 3. The lowest BCUT2D eigenvalue weighted by Gasteiger charge is -2.07. The summed E-state index contributed by atoms with van der Waals surface area (Å²) in [4.78, 5) is 1.26. The maximum absolute atomic E-state index is 5.43. The van der Waals surface area contributed by atoms with E-state index in [1.54, 1.807) is 12.3 Å². The summed E-state index contributed by atoms with van der Waals surface area (Å²) < 4.78 is 5.43. The van der Waals surface area contributed by atoms with Crippen LogP contribution in [0.3, 0.4) is 0 Å². The Morgan fingerprint density at radius 3 is 3.00 bits per heavy atom. The van der Waals surface area contributed by atoms with Crippen LogP contribution in [0.25, 0.3) is 0 Å². The van der Waals surface area contributed by atoms with Gasteiger partial charge in [0, 0.05) is 6.07 Å². The molecule has 0 saturated heterocycles. The van der Waals surface area contributed by atoms with Gasteiger partial charge in [0.1, 0.15) is 0 Å². The Bertz CT molecular complexity index is 291. The number of ether oxygens (including phenoxy) is 1. The Balaban J connectivity index is 1.73. The maximum Gasteiger partial charge on any atom is 0.234 e. The minimum Gasteiger partial charge on any atom is -0.477 e. The van der Waals surface area contributed by atoms with Crippen molar-refractivity contribution in [1.82, 2.24) is 9.89 Å². The summed E-state index contributed by atoms with van der Waals surface area (Å²) in [7, 11) is 0. The first-order chi connectivity index (χ1) is 6.18. The second kappa shape index (κ2) is 2.94. The number of aromatic nitrogens is 2. The third-order valence-electron chi connectivity index (χ3n) is 2.64. The molecule has 0 amide bonds. The van der Waals surface area contributed by atoms with Crippen LogP contribution in [0.1, 0.15) is 26.2 Å². The van der Waals surface area contributed by atoms with Crippen molar-refractivity contribution in [3.8, 4) is 5.88 Å². The Kier molecular flexibility index (Phi) is 1.90. The third kappa shape index (κ3) is 2.14. The Morgan fingerprint density at radius 2 is 2.46 bits per heavy atom. The van der Waals surface area contributed by atoms with Gasteiger partial charge >= 0.3 is 0 Å². The molecule has 1 aromatic heterocycles. The van der Waals surface area contributed by atoms with E-state index < -0.39 is 0 Å². The average molecular weight is 181 g/mol. The van der Waals surface area contributed by atoms with E-state index in [9.17, 15) is 0 Å². The fourth-order valence-corrected chi connectivity index (χ4v) is 1.26. The SMILES string of the molecule is CC1(CCOc2ccn(N)n2)CC1. The summed E-state index contributed by atoms with van der Waals surface area (Å²) in [6.45, 7) is 3.03. The van der Waals surface area contributed by atoms with Crippen LogP contribution in [-0.4, -0.2) is 16.5 Å². The largest absolute Gasteiger partial charge is 0.477 e. The number of hydrogen-bond donors (Lipinski definition) is 1. The number of nitrogen functional groups attached to an aromatic ring is 1. The molecule has 0 radical (unpaired) electrons. The first-order valence-corrected chi connectivity index (χ1v) is 4.62. The molecular formula is C9H15N3O. The number of nitrogens with two attached hydrogens (primary N) is 1. The lowest BCUT2D eigenvalue weighted by molar-refractivity contribution is 0.266. The second-order valence-corrected chi connectivity index (χ2v) is 4.04. The topological polar surface area (TPSA) is 53.1 Å². The normalized spacial score (nSPS) is 18.5. The Labute approximate surface area is 77.6 Å². The summed E-state index contributed by atoms with van der Waals surface area (Å²) in [5.41, 5.74) is 0.547. The number of rotatable bonds is 4. The maximum atomic E-state index is 5.43. The molecule has 0 atom stereocenters. The van der Waals surface area contributed by atoms with Crippen LogP contribution >= 0.6 is 0 Å². The van der Waals surface area contributed by atoms with E-state index in [0.717, 1.165) is 13.0 Å². The van der Waals surface area contributed by atoms with Gasteiger partial charge in [-0.15, -0.1) is 5.10 Å². The monoisotopic (exact) mass is 181 g/mol. The van der Waals surface area contributed by atoms with Crippen molar-refractivity contribution in [3.63, 3.8) is 0 Å². The fourth-order valence-electron chi connectivity index (χ4n) is 1.26. The molecule has 0 aromatic carbocycles. The molecule has 1 saturated carbocycles. The van der Waals surface area contributed by atoms with Crippen LogP contribution in [-0.2, 0) is 0 Å². The van der Waals surface area contributed by atoms with E-state index in [4.69, 9.17) is 10.6 Å². The van der Waals surface area contributed by atoms with Gasteiger partial charge in [-0.25, -0.2) is 0 Å². The molecule has 0 aliphatic heterocycles. The van der Waals surface area contributed by atoms with E-state index in [1.807, 2.05) is 0 Å². The molecule has 72 valence electrons. The standard InChI is InChI=1S/C9H15N3O/c1-9(3-4-9)5-7-13-8-2-6-12(10)11-8/h2,6H,3-5,7,10H2,1H3.